The van der Waals surface area contributed by atoms with Crippen molar-refractivity contribution in [2.24, 2.45) is 5.41 Å². The molecule has 110 valence electrons. The molecule has 0 atom stereocenters. The van der Waals surface area contributed by atoms with Gasteiger partial charge in [0.15, 0.2) is 0 Å². The fraction of sp³-hybridized carbons (Fsp3) is 0.182. The van der Waals surface area contributed by atoms with Crippen LogP contribution in [-0.2, 0) is 0 Å². The second-order valence-corrected chi connectivity index (χ2v) is 6.49. The molecule has 3 rings (SSSR count). The molecule has 0 saturated carbocycles. The summed E-state index contributed by atoms with van der Waals surface area (Å²) in [6, 6.07) is 19.4. The molecule has 0 fully saturated rings. The molecule has 0 radical (unpaired) electrons. The number of allylic oxidation sites excluding steroid dienone is 6. The number of hydrogen-bond acceptors (Lipinski definition) is 0. The van der Waals surface area contributed by atoms with Gasteiger partial charge in [0.25, 0.3) is 0 Å². The Labute approximate surface area is 133 Å². The van der Waals surface area contributed by atoms with Gasteiger partial charge in [-0.15, -0.1) is 0 Å². The molecular formula is C22H22. The molecule has 1 aliphatic rings. The van der Waals surface area contributed by atoms with Crippen molar-refractivity contribution in [2.75, 3.05) is 0 Å². The Morgan fingerprint density at radius 2 is 1.32 bits per heavy atom. The SMILES string of the molecule is CC1=CC(C)(C)C(c2ccc(-c3ccccc3)cc2)=CC=C1. The second-order valence-electron chi connectivity index (χ2n) is 6.49. The highest BCUT2D eigenvalue weighted by Crippen LogP contribution is 2.38. The summed E-state index contributed by atoms with van der Waals surface area (Å²) in [5.41, 5.74) is 6.54. The predicted molar refractivity (Wildman–Crippen MR) is 96.5 cm³/mol. The van der Waals surface area contributed by atoms with E-state index < -0.39 is 0 Å². The monoisotopic (exact) mass is 286 g/mol. The van der Waals surface area contributed by atoms with Crippen molar-refractivity contribution >= 4 is 5.57 Å². The van der Waals surface area contributed by atoms with E-state index in [1.54, 1.807) is 0 Å². The van der Waals surface area contributed by atoms with Crippen LogP contribution < -0.4 is 0 Å². The van der Waals surface area contributed by atoms with Gasteiger partial charge in [0.1, 0.15) is 0 Å². The van der Waals surface area contributed by atoms with E-state index in [4.69, 9.17) is 0 Å². The lowest BCUT2D eigenvalue weighted by Gasteiger charge is -2.25. The molecule has 2 aromatic carbocycles. The van der Waals surface area contributed by atoms with Gasteiger partial charge in [-0.3, -0.25) is 0 Å². The topological polar surface area (TPSA) is 0 Å². The van der Waals surface area contributed by atoms with Crippen LogP contribution in [0.15, 0.2) is 84.5 Å². The van der Waals surface area contributed by atoms with Crippen molar-refractivity contribution in [2.45, 2.75) is 20.8 Å². The first kappa shape index (κ1) is 14.6. The minimum atomic E-state index is 0.0435. The van der Waals surface area contributed by atoms with E-state index in [2.05, 4.69) is 99.7 Å². The van der Waals surface area contributed by atoms with E-state index >= 15 is 0 Å². The van der Waals surface area contributed by atoms with Crippen LogP contribution in [0.2, 0.25) is 0 Å². The van der Waals surface area contributed by atoms with Gasteiger partial charge in [-0.25, -0.2) is 0 Å². The molecule has 0 bridgehead atoms. The van der Waals surface area contributed by atoms with E-state index in [0.717, 1.165) is 0 Å². The van der Waals surface area contributed by atoms with E-state index in [0.29, 0.717) is 0 Å². The molecule has 0 nitrogen and oxygen atoms in total. The predicted octanol–water partition coefficient (Wildman–Crippen LogP) is 6.28. The van der Waals surface area contributed by atoms with Gasteiger partial charge in [0, 0.05) is 5.41 Å². The van der Waals surface area contributed by atoms with Gasteiger partial charge in [0.05, 0.1) is 0 Å². The lowest BCUT2D eigenvalue weighted by Crippen LogP contribution is -2.10. The van der Waals surface area contributed by atoms with E-state index in [1.165, 1.54) is 27.8 Å². The van der Waals surface area contributed by atoms with Gasteiger partial charge < -0.3 is 0 Å². The zero-order valence-electron chi connectivity index (χ0n) is 13.5. The van der Waals surface area contributed by atoms with E-state index in [-0.39, 0.29) is 5.41 Å². The van der Waals surface area contributed by atoms with Crippen molar-refractivity contribution in [1.82, 2.24) is 0 Å². The van der Waals surface area contributed by atoms with Crippen LogP contribution in [0.3, 0.4) is 0 Å². The average molecular weight is 286 g/mol. The van der Waals surface area contributed by atoms with Crippen LogP contribution in [0.4, 0.5) is 0 Å². The molecule has 0 saturated heterocycles. The van der Waals surface area contributed by atoms with E-state index in [1.807, 2.05) is 0 Å². The van der Waals surface area contributed by atoms with Crippen molar-refractivity contribution in [1.29, 1.82) is 0 Å². The molecule has 0 heterocycles. The molecule has 0 aliphatic heterocycles. The smallest absolute Gasteiger partial charge is 0.00869 e. The van der Waals surface area contributed by atoms with Crippen LogP contribution in [0.1, 0.15) is 26.3 Å². The van der Waals surface area contributed by atoms with Crippen molar-refractivity contribution in [3.63, 3.8) is 0 Å². The fourth-order valence-electron chi connectivity index (χ4n) is 3.15. The van der Waals surface area contributed by atoms with E-state index in [9.17, 15) is 0 Å². The molecule has 0 N–H and O–H groups in total. The summed E-state index contributed by atoms with van der Waals surface area (Å²) >= 11 is 0. The lowest BCUT2D eigenvalue weighted by atomic mass is 9.79. The first-order chi connectivity index (χ1) is 10.6. The molecule has 0 unspecified atom stereocenters. The Kier molecular flexibility index (Phi) is 3.85. The van der Waals surface area contributed by atoms with Crippen molar-refractivity contribution < 1.29 is 0 Å². The lowest BCUT2D eigenvalue weighted by molar-refractivity contribution is 0.647. The fourth-order valence-corrected chi connectivity index (χ4v) is 3.15. The molecular weight excluding hydrogens is 264 g/mol. The first-order valence-electron chi connectivity index (χ1n) is 7.80. The minimum Gasteiger partial charge on any atom is -0.0715 e. The summed E-state index contributed by atoms with van der Waals surface area (Å²) in [6.07, 6.45) is 8.91. The van der Waals surface area contributed by atoms with Crippen LogP contribution in [0, 0.1) is 5.41 Å². The van der Waals surface area contributed by atoms with Crippen LogP contribution >= 0.6 is 0 Å². The summed E-state index contributed by atoms with van der Waals surface area (Å²) in [4.78, 5) is 0. The Balaban J connectivity index is 1.97. The van der Waals surface area contributed by atoms with Crippen LogP contribution in [-0.4, -0.2) is 0 Å². The normalized spacial score (nSPS) is 16.7. The summed E-state index contributed by atoms with van der Waals surface area (Å²) in [7, 11) is 0. The van der Waals surface area contributed by atoms with Gasteiger partial charge in [-0.05, 0) is 29.2 Å². The third-order valence-electron chi connectivity index (χ3n) is 4.21. The standard InChI is InChI=1S/C22H22/c1-17-8-7-11-21(22(2,3)16-17)20-14-12-19(13-15-20)18-9-5-4-6-10-18/h4-16H,1-3H3. The average Bonchev–Trinajstić information content (AvgIpc) is 2.65. The van der Waals surface area contributed by atoms with Gasteiger partial charge in [0.2, 0.25) is 0 Å². The Morgan fingerprint density at radius 3 is 2.00 bits per heavy atom. The summed E-state index contributed by atoms with van der Waals surface area (Å²) in [5, 5.41) is 0. The second kappa shape index (κ2) is 5.81. The summed E-state index contributed by atoms with van der Waals surface area (Å²) < 4.78 is 0. The molecule has 0 amide bonds. The largest absolute Gasteiger partial charge is 0.0715 e. The molecule has 2 aromatic rings. The number of rotatable bonds is 2. The molecule has 0 aromatic heterocycles. The zero-order valence-corrected chi connectivity index (χ0v) is 13.5. The third-order valence-corrected chi connectivity index (χ3v) is 4.21. The first-order valence-corrected chi connectivity index (χ1v) is 7.80. The highest BCUT2D eigenvalue weighted by molar-refractivity contribution is 5.76. The molecule has 0 heteroatoms. The summed E-state index contributed by atoms with van der Waals surface area (Å²) in [5.74, 6) is 0. The van der Waals surface area contributed by atoms with Crippen LogP contribution in [0.25, 0.3) is 16.7 Å². The maximum absolute atomic E-state index is 2.34. The van der Waals surface area contributed by atoms with Crippen molar-refractivity contribution in [3.05, 3.63) is 90.0 Å². The quantitative estimate of drug-likeness (QED) is 0.609. The highest BCUT2D eigenvalue weighted by Gasteiger charge is 2.22. The minimum absolute atomic E-state index is 0.0435. The Bertz CT molecular complexity index is 738. The highest BCUT2D eigenvalue weighted by atomic mass is 14.3. The maximum atomic E-state index is 2.34. The van der Waals surface area contributed by atoms with Crippen LogP contribution in [0.5, 0.6) is 0 Å². The Morgan fingerprint density at radius 1 is 0.727 bits per heavy atom. The summed E-state index contributed by atoms with van der Waals surface area (Å²) in [6.45, 7) is 6.72. The third kappa shape index (κ3) is 2.96. The van der Waals surface area contributed by atoms with Crippen molar-refractivity contribution in [3.8, 4) is 11.1 Å². The number of benzene rings is 2. The zero-order chi connectivity index (χ0) is 15.6. The Hall–Kier alpha value is -2.34. The van der Waals surface area contributed by atoms with Gasteiger partial charge in [-0.2, -0.15) is 0 Å². The van der Waals surface area contributed by atoms with Gasteiger partial charge in [-0.1, -0.05) is 98.3 Å². The molecule has 0 spiro atoms. The maximum Gasteiger partial charge on any atom is 0.00869 e. The van der Waals surface area contributed by atoms with Gasteiger partial charge >= 0.3 is 0 Å². The molecule has 22 heavy (non-hydrogen) atoms. The number of hydrogen-bond donors (Lipinski definition) is 0. The molecule has 1 aliphatic carbocycles.